The van der Waals surface area contributed by atoms with Gasteiger partial charge < -0.3 is 21.1 Å². The third-order valence-electron chi connectivity index (χ3n) is 4.07. The van der Waals surface area contributed by atoms with Crippen LogP contribution in [0, 0.1) is 11.7 Å². The van der Waals surface area contributed by atoms with Crippen molar-refractivity contribution in [3.63, 3.8) is 0 Å². The standard InChI is InChI=1S/C21H28FN5O4S/c1-13(2)9-17(28)26-16-6-5-14(10-15(16)22)18(29)24-11-25-20-27(7-8-32-20)12-31-19(30)21(3,4)23/h5-8,10,13H,9,11-12,23H2,1-4H3,(H,24,29)(H,26,28). The van der Waals surface area contributed by atoms with Crippen LogP contribution in [0.5, 0.6) is 0 Å². The van der Waals surface area contributed by atoms with Crippen molar-refractivity contribution in [2.45, 2.75) is 46.4 Å². The predicted molar refractivity (Wildman–Crippen MR) is 119 cm³/mol. The van der Waals surface area contributed by atoms with E-state index < -0.39 is 23.2 Å². The molecule has 1 aromatic carbocycles. The molecule has 2 aromatic rings. The molecule has 0 atom stereocenters. The van der Waals surface area contributed by atoms with E-state index in [0.29, 0.717) is 4.80 Å². The lowest BCUT2D eigenvalue weighted by Crippen LogP contribution is -2.43. The molecule has 11 heteroatoms. The van der Waals surface area contributed by atoms with Crippen LogP contribution in [0.15, 0.2) is 34.8 Å². The predicted octanol–water partition coefficient (Wildman–Crippen LogP) is 2.20. The number of nitrogens with two attached hydrogens (primary N) is 1. The monoisotopic (exact) mass is 465 g/mol. The molecule has 0 saturated heterocycles. The van der Waals surface area contributed by atoms with Crippen LogP contribution in [-0.2, 0) is 21.1 Å². The number of hydrogen-bond donors (Lipinski definition) is 3. The Bertz CT molecular complexity index is 1040. The number of benzene rings is 1. The van der Waals surface area contributed by atoms with Gasteiger partial charge in [0.05, 0.1) is 5.69 Å². The minimum atomic E-state index is -1.11. The average molecular weight is 466 g/mol. The van der Waals surface area contributed by atoms with Crippen molar-refractivity contribution in [1.82, 2.24) is 9.88 Å². The highest BCUT2D eigenvalue weighted by molar-refractivity contribution is 7.07. The maximum atomic E-state index is 14.3. The van der Waals surface area contributed by atoms with E-state index in [4.69, 9.17) is 10.5 Å². The van der Waals surface area contributed by atoms with Crippen LogP contribution in [0.3, 0.4) is 0 Å². The minimum absolute atomic E-state index is 0.0201. The van der Waals surface area contributed by atoms with Crippen LogP contribution in [-0.4, -0.2) is 34.6 Å². The maximum Gasteiger partial charge on any atom is 0.327 e. The van der Waals surface area contributed by atoms with Gasteiger partial charge in [0.2, 0.25) is 5.91 Å². The summed E-state index contributed by atoms with van der Waals surface area (Å²) in [5.41, 5.74) is 4.70. The highest BCUT2D eigenvalue weighted by atomic mass is 32.1. The summed E-state index contributed by atoms with van der Waals surface area (Å²) >= 11 is 1.29. The van der Waals surface area contributed by atoms with Gasteiger partial charge in [-0.15, -0.1) is 11.3 Å². The molecule has 2 amide bonds. The Balaban J connectivity index is 1.95. The minimum Gasteiger partial charge on any atom is -0.442 e. The van der Waals surface area contributed by atoms with Gasteiger partial charge in [-0.05, 0) is 38.0 Å². The fraction of sp³-hybridized carbons (Fsp3) is 0.429. The zero-order valence-electron chi connectivity index (χ0n) is 18.5. The lowest BCUT2D eigenvalue weighted by Gasteiger charge is -2.16. The molecule has 0 aliphatic carbocycles. The molecule has 0 aliphatic rings. The lowest BCUT2D eigenvalue weighted by atomic mass is 10.1. The van der Waals surface area contributed by atoms with Crippen molar-refractivity contribution in [1.29, 1.82) is 0 Å². The van der Waals surface area contributed by atoms with Gasteiger partial charge in [0.1, 0.15) is 18.0 Å². The van der Waals surface area contributed by atoms with Crippen molar-refractivity contribution < 1.29 is 23.5 Å². The molecule has 0 fully saturated rings. The van der Waals surface area contributed by atoms with Gasteiger partial charge in [-0.25, -0.2) is 9.38 Å². The quantitative estimate of drug-likeness (QED) is 0.489. The van der Waals surface area contributed by atoms with E-state index in [2.05, 4.69) is 15.6 Å². The molecule has 2 rings (SSSR count). The summed E-state index contributed by atoms with van der Waals surface area (Å²) in [7, 11) is 0. The van der Waals surface area contributed by atoms with E-state index in [0.717, 1.165) is 6.07 Å². The Morgan fingerprint density at radius 1 is 1.31 bits per heavy atom. The molecular weight excluding hydrogens is 437 g/mol. The number of nitrogens with one attached hydrogen (secondary N) is 2. The molecular formula is C21H28FN5O4S. The summed E-state index contributed by atoms with van der Waals surface area (Å²) in [4.78, 5) is 40.7. The fourth-order valence-electron chi connectivity index (χ4n) is 2.45. The van der Waals surface area contributed by atoms with Crippen LogP contribution in [0.2, 0.25) is 0 Å². The van der Waals surface area contributed by atoms with Crippen LogP contribution in [0.25, 0.3) is 0 Å². The normalized spacial score (nSPS) is 12.0. The SMILES string of the molecule is CC(C)CC(=O)Nc1ccc(C(=O)NCN=c2sccn2COC(=O)C(C)(C)N)cc1F. The largest absolute Gasteiger partial charge is 0.442 e. The summed E-state index contributed by atoms with van der Waals surface area (Å²) in [5.74, 6) is -1.92. The number of carbonyl (C=O) groups is 3. The van der Waals surface area contributed by atoms with Gasteiger partial charge in [-0.1, -0.05) is 13.8 Å². The molecule has 1 aromatic heterocycles. The van der Waals surface area contributed by atoms with Crippen LogP contribution >= 0.6 is 11.3 Å². The van der Waals surface area contributed by atoms with Gasteiger partial charge >= 0.3 is 5.97 Å². The summed E-state index contributed by atoms with van der Waals surface area (Å²) in [6.45, 7) is 6.74. The first-order valence-electron chi connectivity index (χ1n) is 9.95. The molecule has 174 valence electrons. The molecule has 1 heterocycles. The highest BCUT2D eigenvalue weighted by Gasteiger charge is 2.23. The Hall–Kier alpha value is -3.05. The summed E-state index contributed by atoms with van der Waals surface area (Å²) in [6.07, 6.45) is 1.96. The van der Waals surface area contributed by atoms with Crippen molar-refractivity contribution >= 4 is 34.8 Å². The number of rotatable bonds is 9. The van der Waals surface area contributed by atoms with E-state index in [-0.39, 0.29) is 42.9 Å². The molecule has 32 heavy (non-hydrogen) atoms. The second kappa shape index (κ2) is 11.0. The fourth-order valence-corrected chi connectivity index (χ4v) is 3.17. The van der Waals surface area contributed by atoms with E-state index in [9.17, 15) is 18.8 Å². The Morgan fingerprint density at radius 2 is 2.03 bits per heavy atom. The van der Waals surface area contributed by atoms with E-state index >= 15 is 0 Å². The van der Waals surface area contributed by atoms with Crippen molar-refractivity contribution in [2.24, 2.45) is 16.6 Å². The number of amides is 2. The zero-order chi connectivity index (χ0) is 23.9. The smallest absolute Gasteiger partial charge is 0.327 e. The number of anilines is 1. The van der Waals surface area contributed by atoms with Crippen LogP contribution < -0.4 is 21.2 Å². The van der Waals surface area contributed by atoms with Crippen LogP contribution in [0.4, 0.5) is 10.1 Å². The Labute approximate surface area is 189 Å². The number of esters is 1. The third-order valence-corrected chi connectivity index (χ3v) is 4.91. The first kappa shape index (κ1) is 25.2. The summed E-state index contributed by atoms with van der Waals surface area (Å²) in [6, 6.07) is 3.82. The van der Waals surface area contributed by atoms with Crippen molar-refractivity contribution in [2.75, 3.05) is 12.0 Å². The third kappa shape index (κ3) is 7.57. The molecule has 0 aliphatic heterocycles. The molecule has 0 radical (unpaired) electrons. The van der Waals surface area contributed by atoms with E-state index in [1.807, 2.05) is 13.8 Å². The van der Waals surface area contributed by atoms with Gasteiger partial charge in [-0.3, -0.25) is 19.0 Å². The van der Waals surface area contributed by atoms with Crippen molar-refractivity contribution in [3.05, 3.63) is 46.0 Å². The van der Waals surface area contributed by atoms with Crippen molar-refractivity contribution in [3.8, 4) is 0 Å². The van der Waals surface area contributed by atoms with Gasteiger partial charge in [0.25, 0.3) is 5.91 Å². The molecule has 0 unspecified atom stereocenters. The maximum absolute atomic E-state index is 14.3. The lowest BCUT2D eigenvalue weighted by molar-refractivity contribution is -0.152. The number of ether oxygens (including phenoxy) is 1. The molecule has 0 bridgehead atoms. The van der Waals surface area contributed by atoms with E-state index in [1.54, 1.807) is 30.0 Å². The summed E-state index contributed by atoms with van der Waals surface area (Å²) in [5, 5.41) is 6.82. The molecule has 9 nitrogen and oxygen atoms in total. The Kier molecular flexibility index (Phi) is 8.67. The van der Waals surface area contributed by atoms with Crippen LogP contribution in [0.1, 0.15) is 44.5 Å². The number of nitrogens with zero attached hydrogens (tertiary/aromatic N) is 2. The number of aromatic nitrogens is 1. The Morgan fingerprint density at radius 3 is 2.66 bits per heavy atom. The van der Waals surface area contributed by atoms with Gasteiger partial charge in [-0.2, -0.15) is 0 Å². The summed E-state index contributed by atoms with van der Waals surface area (Å²) < 4.78 is 21.0. The second-order valence-corrected chi connectivity index (χ2v) is 8.97. The first-order valence-corrected chi connectivity index (χ1v) is 10.8. The zero-order valence-corrected chi connectivity index (χ0v) is 19.3. The average Bonchev–Trinajstić information content (AvgIpc) is 3.13. The first-order chi connectivity index (χ1) is 15.0. The number of hydrogen-bond acceptors (Lipinski definition) is 7. The molecule has 0 saturated carbocycles. The van der Waals surface area contributed by atoms with Gasteiger partial charge in [0.15, 0.2) is 11.5 Å². The van der Waals surface area contributed by atoms with Gasteiger partial charge in [0, 0.05) is 23.6 Å². The molecule has 4 N–H and O–H groups in total. The number of carbonyl (C=O) groups excluding carboxylic acids is 3. The molecule has 0 spiro atoms. The topological polar surface area (TPSA) is 128 Å². The second-order valence-electron chi connectivity index (χ2n) is 8.10. The highest BCUT2D eigenvalue weighted by Crippen LogP contribution is 2.17. The number of thiazole rings is 1. The number of halogens is 1. The van der Waals surface area contributed by atoms with E-state index in [1.165, 1.54) is 23.5 Å².